The molecule has 0 saturated heterocycles. The molecule has 58 valence electrons. The number of hydrogen-bond acceptors (Lipinski definition) is 1. The fourth-order valence-corrected chi connectivity index (χ4v) is 0.449. The first-order valence-electron chi connectivity index (χ1n) is 3.78. The first-order chi connectivity index (χ1) is 4.62. The van der Waals surface area contributed by atoms with Crippen LogP contribution in [0, 0.1) is 5.41 Å². The summed E-state index contributed by atoms with van der Waals surface area (Å²) in [5, 5.41) is 0. The van der Waals surface area contributed by atoms with Gasteiger partial charge in [-0.25, -0.2) is 0 Å². The van der Waals surface area contributed by atoms with Crippen LogP contribution >= 0.6 is 0 Å². The highest BCUT2D eigenvalue weighted by atomic mass is 14.7. The van der Waals surface area contributed by atoms with E-state index < -0.39 is 0 Å². The minimum Gasteiger partial charge on any atom is -0.270 e. The van der Waals surface area contributed by atoms with Gasteiger partial charge in [-0.1, -0.05) is 26.8 Å². The van der Waals surface area contributed by atoms with Crippen LogP contribution in [0.1, 0.15) is 34.1 Å². The van der Waals surface area contributed by atoms with Crippen LogP contribution < -0.4 is 0 Å². The Morgan fingerprint density at radius 3 is 2.40 bits per heavy atom. The van der Waals surface area contributed by atoms with E-state index in [1.54, 1.807) is 6.21 Å². The summed E-state index contributed by atoms with van der Waals surface area (Å²) in [5.41, 5.74) is 0.298. The van der Waals surface area contributed by atoms with Gasteiger partial charge in [-0.2, -0.15) is 0 Å². The van der Waals surface area contributed by atoms with E-state index >= 15 is 0 Å². The summed E-state index contributed by atoms with van der Waals surface area (Å²) >= 11 is 0. The molecule has 0 atom stereocenters. The van der Waals surface area contributed by atoms with Crippen molar-refractivity contribution >= 4 is 6.21 Å². The SMILES string of the molecule is CC=N/C=C\C(C)(C)CC. The van der Waals surface area contributed by atoms with Gasteiger partial charge in [-0.15, -0.1) is 0 Å². The molecule has 0 aromatic rings. The Morgan fingerprint density at radius 2 is 2.00 bits per heavy atom. The van der Waals surface area contributed by atoms with Gasteiger partial charge >= 0.3 is 0 Å². The highest BCUT2D eigenvalue weighted by molar-refractivity contribution is 5.54. The van der Waals surface area contributed by atoms with Gasteiger partial charge < -0.3 is 0 Å². The quantitative estimate of drug-likeness (QED) is 0.533. The van der Waals surface area contributed by atoms with Crippen LogP contribution in [-0.4, -0.2) is 6.21 Å². The zero-order valence-electron chi connectivity index (χ0n) is 7.39. The minimum absolute atomic E-state index is 0.298. The highest BCUT2D eigenvalue weighted by Gasteiger charge is 2.08. The van der Waals surface area contributed by atoms with Gasteiger partial charge in [0, 0.05) is 12.4 Å². The molecule has 0 aliphatic carbocycles. The van der Waals surface area contributed by atoms with Gasteiger partial charge in [-0.05, 0) is 18.8 Å². The molecular weight excluding hydrogens is 122 g/mol. The molecule has 0 aromatic heterocycles. The number of nitrogens with zero attached hydrogens (tertiary/aromatic N) is 1. The lowest BCUT2D eigenvalue weighted by atomic mass is 9.91. The van der Waals surface area contributed by atoms with E-state index in [1.807, 2.05) is 13.1 Å². The standard InChI is InChI=1S/C9H17N/c1-5-9(3,4)7-8-10-6-2/h6-8H,5H2,1-4H3/b8-7-,10-6?. The number of allylic oxidation sites excluding steroid dienone is 1. The van der Waals surface area contributed by atoms with Crippen molar-refractivity contribution < 1.29 is 0 Å². The van der Waals surface area contributed by atoms with Crippen LogP contribution in [0.2, 0.25) is 0 Å². The Morgan fingerprint density at radius 1 is 1.40 bits per heavy atom. The summed E-state index contributed by atoms with van der Waals surface area (Å²) in [6, 6.07) is 0. The van der Waals surface area contributed by atoms with E-state index in [9.17, 15) is 0 Å². The summed E-state index contributed by atoms with van der Waals surface area (Å²) in [7, 11) is 0. The van der Waals surface area contributed by atoms with Crippen LogP contribution in [0.25, 0.3) is 0 Å². The largest absolute Gasteiger partial charge is 0.270 e. The maximum Gasteiger partial charge on any atom is 0.0229 e. The Kier molecular flexibility index (Phi) is 4.01. The Balaban J connectivity index is 3.86. The number of rotatable bonds is 3. The average Bonchev–Trinajstić information content (AvgIpc) is 1.89. The molecule has 0 bridgehead atoms. The maximum absolute atomic E-state index is 4.00. The third-order valence-electron chi connectivity index (χ3n) is 1.67. The lowest BCUT2D eigenvalue weighted by Crippen LogP contribution is -2.03. The van der Waals surface area contributed by atoms with Crippen LogP contribution in [-0.2, 0) is 0 Å². The molecular formula is C9H17N. The lowest BCUT2D eigenvalue weighted by Gasteiger charge is -2.15. The van der Waals surface area contributed by atoms with Gasteiger partial charge in [0.1, 0.15) is 0 Å². The predicted octanol–water partition coefficient (Wildman–Crippen LogP) is 3.03. The number of aliphatic imine (C=N–C) groups is 1. The lowest BCUT2D eigenvalue weighted by molar-refractivity contribution is 0.461. The van der Waals surface area contributed by atoms with E-state index in [-0.39, 0.29) is 0 Å². The van der Waals surface area contributed by atoms with E-state index in [2.05, 4.69) is 31.8 Å². The summed E-state index contributed by atoms with van der Waals surface area (Å²) < 4.78 is 0. The smallest absolute Gasteiger partial charge is 0.0229 e. The fraction of sp³-hybridized carbons (Fsp3) is 0.667. The van der Waals surface area contributed by atoms with Crippen molar-refractivity contribution in [1.82, 2.24) is 0 Å². The molecule has 1 nitrogen and oxygen atoms in total. The van der Waals surface area contributed by atoms with Crippen LogP contribution in [0.4, 0.5) is 0 Å². The molecule has 0 N–H and O–H groups in total. The van der Waals surface area contributed by atoms with Crippen molar-refractivity contribution in [2.75, 3.05) is 0 Å². The molecule has 0 aliphatic rings. The van der Waals surface area contributed by atoms with Gasteiger partial charge in [0.15, 0.2) is 0 Å². The second kappa shape index (κ2) is 4.26. The Bertz CT molecular complexity index is 132. The Hall–Kier alpha value is -0.590. The normalized spacial score (nSPS) is 13.6. The molecule has 1 heteroatoms. The summed E-state index contributed by atoms with van der Waals surface area (Å²) in [5.74, 6) is 0. The van der Waals surface area contributed by atoms with Crippen molar-refractivity contribution in [2.24, 2.45) is 10.4 Å². The monoisotopic (exact) mass is 139 g/mol. The molecule has 0 unspecified atom stereocenters. The molecule has 10 heavy (non-hydrogen) atoms. The molecule has 0 radical (unpaired) electrons. The minimum atomic E-state index is 0.298. The van der Waals surface area contributed by atoms with E-state index in [4.69, 9.17) is 0 Å². The summed E-state index contributed by atoms with van der Waals surface area (Å²) in [4.78, 5) is 4.00. The first kappa shape index (κ1) is 9.41. The van der Waals surface area contributed by atoms with Crippen molar-refractivity contribution in [3.63, 3.8) is 0 Å². The zero-order chi connectivity index (χ0) is 8.04. The summed E-state index contributed by atoms with van der Waals surface area (Å²) in [6.45, 7) is 8.51. The summed E-state index contributed by atoms with van der Waals surface area (Å²) in [6.07, 6.45) is 6.95. The van der Waals surface area contributed by atoms with E-state index in [0.717, 1.165) is 6.42 Å². The van der Waals surface area contributed by atoms with Crippen molar-refractivity contribution in [1.29, 1.82) is 0 Å². The maximum atomic E-state index is 4.00. The zero-order valence-corrected chi connectivity index (χ0v) is 7.39. The van der Waals surface area contributed by atoms with Crippen LogP contribution in [0.15, 0.2) is 17.3 Å². The first-order valence-corrected chi connectivity index (χ1v) is 3.78. The third kappa shape index (κ3) is 4.30. The predicted molar refractivity (Wildman–Crippen MR) is 47.4 cm³/mol. The molecule has 0 aromatic carbocycles. The van der Waals surface area contributed by atoms with Crippen molar-refractivity contribution in [2.45, 2.75) is 34.1 Å². The van der Waals surface area contributed by atoms with Crippen molar-refractivity contribution in [3.8, 4) is 0 Å². The molecule has 0 rings (SSSR count). The molecule has 0 heterocycles. The van der Waals surface area contributed by atoms with Gasteiger partial charge in [0.05, 0.1) is 0 Å². The second-order valence-electron chi connectivity index (χ2n) is 3.07. The van der Waals surface area contributed by atoms with Gasteiger partial charge in [0.25, 0.3) is 0 Å². The topological polar surface area (TPSA) is 12.4 Å². The van der Waals surface area contributed by atoms with Crippen LogP contribution in [0.5, 0.6) is 0 Å². The van der Waals surface area contributed by atoms with Gasteiger partial charge in [0.2, 0.25) is 0 Å². The molecule has 0 spiro atoms. The second-order valence-corrected chi connectivity index (χ2v) is 3.07. The van der Waals surface area contributed by atoms with E-state index in [1.165, 1.54) is 0 Å². The third-order valence-corrected chi connectivity index (χ3v) is 1.67. The molecule has 0 saturated carbocycles. The Labute approximate surface area is 63.9 Å². The van der Waals surface area contributed by atoms with Gasteiger partial charge in [-0.3, -0.25) is 4.99 Å². The van der Waals surface area contributed by atoms with Crippen molar-refractivity contribution in [3.05, 3.63) is 12.3 Å². The van der Waals surface area contributed by atoms with E-state index in [0.29, 0.717) is 5.41 Å². The average molecular weight is 139 g/mol. The highest BCUT2D eigenvalue weighted by Crippen LogP contribution is 2.20. The number of hydrogen-bond donors (Lipinski definition) is 0. The molecule has 0 aliphatic heterocycles. The molecule has 0 fully saturated rings. The fourth-order valence-electron chi connectivity index (χ4n) is 0.449. The molecule has 0 amide bonds. The van der Waals surface area contributed by atoms with Crippen LogP contribution in [0.3, 0.4) is 0 Å².